The number of fused-ring (bicyclic) bond motifs is 1. The Morgan fingerprint density at radius 2 is 2.11 bits per heavy atom. The van der Waals surface area contributed by atoms with Crippen LogP contribution in [0.2, 0.25) is 0 Å². The average molecular weight is 383 g/mol. The van der Waals surface area contributed by atoms with Crippen LogP contribution in [-0.4, -0.2) is 33.2 Å². The van der Waals surface area contributed by atoms with E-state index in [0.29, 0.717) is 16.8 Å². The minimum absolute atomic E-state index is 0.0348. The first-order valence-corrected chi connectivity index (χ1v) is 8.38. The van der Waals surface area contributed by atoms with Crippen LogP contribution in [0.1, 0.15) is 38.3 Å². The van der Waals surface area contributed by atoms with Crippen LogP contribution >= 0.6 is 0 Å². The van der Waals surface area contributed by atoms with Crippen molar-refractivity contribution in [2.24, 2.45) is 0 Å². The Bertz CT molecular complexity index is 1080. The van der Waals surface area contributed by atoms with Gasteiger partial charge in [-0.2, -0.15) is 5.26 Å². The van der Waals surface area contributed by atoms with E-state index in [2.05, 4.69) is 11.4 Å². The van der Waals surface area contributed by atoms with Gasteiger partial charge in [-0.3, -0.25) is 14.4 Å². The van der Waals surface area contributed by atoms with Crippen molar-refractivity contribution >= 4 is 11.9 Å². The fraction of sp³-hybridized carbons (Fsp3) is 0.263. The van der Waals surface area contributed by atoms with Crippen molar-refractivity contribution in [1.82, 2.24) is 9.88 Å². The van der Waals surface area contributed by atoms with Crippen molar-refractivity contribution in [3.63, 3.8) is 0 Å². The number of nitrogens with zero attached hydrogens (tertiary/aromatic N) is 2. The average Bonchev–Trinajstić information content (AvgIpc) is 3.13. The number of aromatic hydroxyl groups is 1. The Kier molecular flexibility index (Phi) is 5.15. The van der Waals surface area contributed by atoms with Crippen LogP contribution < -0.4 is 10.9 Å². The topological polar surface area (TPSA) is 142 Å². The van der Waals surface area contributed by atoms with Gasteiger partial charge in [0.15, 0.2) is 0 Å². The van der Waals surface area contributed by atoms with E-state index in [9.17, 15) is 19.5 Å². The molecule has 1 aromatic heterocycles. The smallest absolute Gasteiger partial charge is 0.322 e. The highest BCUT2D eigenvalue weighted by Crippen LogP contribution is 2.30. The van der Waals surface area contributed by atoms with E-state index in [4.69, 9.17) is 15.1 Å². The third kappa shape index (κ3) is 3.45. The summed E-state index contributed by atoms with van der Waals surface area (Å²) in [5.74, 6) is -2.73. The highest BCUT2D eigenvalue weighted by Gasteiger charge is 2.29. The summed E-state index contributed by atoms with van der Waals surface area (Å²) in [5.41, 5.74) is 1.52. The highest BCUT2D eigenvalue weighted by molar-refractivity contribution is 5.98. The molecule has 0 saturated heterocycles. The monoisotopic (exact) mass is 383 g/mol. The number of hydrogen-bond acceptors (Lipinski definition) is 6. The van der Waals surface area contributed by atoms with Crippen molar-refractivity contribution < 1.29 is 24.5 Å². The number of nitrogens with one attached hydrogen (secondary N) is 1. The number of aliphatic carboxylic acids is 1. The predicted octanol–water partition coefficient (Wildman–Crippen LogP) is 0.627. The Morgan fingerprint density at radius 3 is 2.75 bits per heavy atom. The molecule has 0 spiro atoms. The molecule has 1 aliphatic heterocycles. The molecule has 0 aliphatic carbocycles. The third-order valence-electron chi connectivity index (χ3n) is 4.52. The Hall–Kier alpha value is -3.64. The van der Waals surface area contributed by atoms with Crippen molar-refractivity contribution in [1.29, 1.82) is 5.26 Å². The summed E-state index contributed by atoms with van der Waals surface area (Å²) in [6.07, 6.45) is 0. The highest BCUT2D eigenvalue weighted by atomic mass is 16.5. The maximum Gasteiger partial charge on any atom is 0.322 e. The Balaban J connectivity index is 2.07. The number of aryl methyl sites for hydroxylation is 1. The second-order valence-electron chi connectivity index (χ2n) is 6.37. The van der Waals surface area contributed by atoms with Gasteiger partial charge < -0.3 is 24.8 Å². The summed E-state index contributed by atoms with van der Waals surface area (Å²) in [6, 6.07) is 7.19. The first-order valence-electron chi connectivity index (χ1n) is 8.38. The van der Waals surface area contributed by atoms with E-state index >= 15 is 0 Å². The van der Waals surface area contributed by atoms with Gasteiger partial charge in [0.2, 0.25) is 0 Å². The van der Waals surface area contributed by atoms with E-state index < -0.39 is 35.3 Å². The van der Waals surface area contributed by atoms with Crippen LogP contribution in [0.15, 0.2) is 23.0 Å². The number of amides is 1. The van der Waals surface area contributed by atoms with Crippen LogP contribution in [0.25, 0.3) is 0 Å². The minimum atomic E-state index is -1.27. The molecule has 1 amide bonds. The van der Waals surface area contributed by atoms with E-state index in [1.807, 2.05) is 0 Å². The van der Waals surface area contributed by atoms with Crippen molar-refractivity contribution in [2.75, 3.05) is 6.54 Å². The molecule has 0 fully saturated rings. The van der Waals surface area contributed by atoms with E-state index in [0.717, 1.165) is 11.1 Å². The SMILES string of the molecule is Cc1cc(Cn2c3c(c(O)c(C(=O)NCC(=O)O)c2=O)COC3)ccc1C#N. The number of carbonyl (C=O) groups is 2. The molecule has 28 heavy (non-hydrogen) atoms. The van der Waals surface area contributed by atoms with E-state index in [1.54, 1.807) is 25.1 Å². The number of ether oxygens (including phenoxy) is 1. The fourth-order valence-corrected chi connectivity index (χ4v) is 3.12. The number of hydrogen-bond donors (Lipinski definition) is 3. The zero-order valence-corrected chi connectivity index (χ0v) is 15.0. The van der Waals surface area contributed by atoms with Crippen molar-refractivity contribution in [2.45, 2.75) is 26.7 Å². The summed E-state index contributed by atoms with van der Waals surface area (Å²) in [4.78, 5) is 35.9. The minimum Gasteiger partial charge on any atom is -0.506 e. The molecule has 3 N–H and O–H groups in total. The van der Waals surface area contributed by atoms with Crippen molar-refractivity contribution in [3.05, 3.63) is 62.1 Å². The van der Waals surface area contributed by atoms with Gasteiger partial charge in [0.25, 0.3) is 11.5 Å². The van der Waals surface area contributed by atoms with Gasteiger partial charge in [0.1, 0.15) is 17.9 Å². The molecule has 0 radical (unpaired) electrons. The second-order valence-corrected chi connectivity index (χ2v) is 6.37. The summed E-state index contributed by atoms with van der Waals surface area (Å²) < 4.78 is 6.67. The second kappa shape index (κ2) is 7.54. The zero-order valence-electron chi connectivity index (χ0n) is 15.0. The number of aromatic nitrogens is 1. The molecule has 3 rings (SSSR count). The van der Waals surface area contributed by atoms with Crippen LogP contribution in [0.4, 0.5) is 0 Å². The van der Waals surface area contributed by atoms with Gasteiger partial charge in [-0.05, 0) is 24.1 Å². The molecular weight excluding hydrogens is 366 g/mol. The van der Waals surface area contributed by atoms with Crippen LogP contribution in [-0.2, 0) is 29.3 Å². The van der Waals surface area contributed by atoms with Crippen LogP contribution in [0.3, 0.4) is 0 Å². The molecule has 144 valence electrons. The number of rotatable bonds is 5. The lowest BCUT2D eigenvalue weighted by Gasteiger charge is -2.16. The fourth-order valence-electron chi connectivity index (χ4n) is 3.12. The molecule has 9 heteroatoms. The molecule has 0 unspecified atom stereocenters. The molecule has 1 aliphatic rings. The van der Waals surface area contributed by atoms with Gasteiger partial charge in [-0.15, -0.1) is 0 Å². The first kappa shape index (κ1) is 19.1. The largest absolute Gasteiger partial charge is 0.506 e. The standard InChI is InChI=1S/C19H17N3O6/c1-10-4-11(2-3-12(10)5-20)7-22-14-9-28-8-13(14)17(25)16(19(22)27)18(26)21-6-15(23)24/h2-4,25H,6-9H2,1H3,(H,21,26)(H,23,24). The molecule has 0 atom stereocenters. The Morgan fingerprint density at radius 1 is 1.36 bits per heavy atom. The summed E-state index contributed by atoms with van der Waals surface area (Å²) in [7, 11) is 0. The summed E-state index contributed by atoms with van der Waals surface area (Å²) in [6.45, 7) is 1.34. The molecular formula is C19H17N3O6. The normalized spacial score (nSPS) is 12.3. The quantitative estimate of drug-likeness (QED) is 0.687. The van der Waals surface area contributed by atoms with Gasteiger partial charge in [-0.1, -0.05) is 12.1 Å². The van der Waals surface area contributed by atoms with Gasteiger partial charge >= 0.3 is 5.97 Å². The number of carbonyl (C=O) groups excluding carboxylic acids is 1. The number of nitriles is 1. The van der Waals surface area contributed by atoms with Crippen LogP contribution in [0.5, 0.6) is 5.75 Å². The summed E-state index contributed by atoms with van der Waals surface area (Å²) >= 11 is 0. The predicted molar refractivity (Wildman–Crippen MR) is 95.8 cm³/mol. The number of carboxylic acids is 1. The third-order valence-corrected chi connectivity index (χ3v) is 4.52. The lowest BCUT2D eigenvalue weighted by molar-refractivity contribution is -0.135. The molecule has 0 bridgehead atoms. The van der Waals surface area contributed by atoms with Crippen molar-refractivity contribution in [3.8, 4) is 11.8 Å². The zero-order chi connectivity index (χ0) is 20.4. The molecule has 1 aromatic carbocycles. The summed E-state index contributed by atoms with van der Waals surface area (Å²) in [5, 5.41) is 30.3. The lowest BCUT2D eigenvalue weighted by atomic mass is 10.0. The maximum atomic E-state index is 12.9. The molecule has 0 saturated carbocycles. The van der Waals surface area contributed by atoms with Gasteiger partial charge in [0, 0.05) is 5.56 Å². The Labute approximate surface area is 159 Å². The molecule has 2 aromatic rings. The van der Waals surface area contributed by atoms with Gasteiger partial charge in [0.05, 0.1) is 37.1 Å². The maximum absolute atomic E-state index is 12.9. The number of pyridine rings is 1. The van der Waals surface area contributed by atoms with Gasteiger partial charge in [-0.25, -0.2) is 0 Å². The number of carboxylic acid groups (broad SMARTS) is 1. The molecule has 9 nitrogen and oxygen atoms in total. The number of benzene rings is 1. The van der Waals surface area contributed by atoms with E-state index in [1.165, 1.54) is 4.57 Å². The van der Waals surface area contributed by atoms with Crippen LogP contribution in [0, 0.1) is 18.3 Å². The van der Waals surface area contributed by atoms with E-state index in [-0.39, 0.29) is 19.8 Å². The first-order chi connectivity index (χ1) is 13.3. The molecule has 2 heterocycles. The lowest BCUT2D eigenvalue weighted by Crippen LogP contribution is -2.37.